The molecule has 1 aromatic rings. The number of methoxy groups -OCH3 is 1. The maximum atomic E-state index is 12.3. The molecule has 0 fully saturated rings. The molecule has 0 aliphatic heterocycles. The van der Waals surface area contributed by atoms with Crippen molar-refractivity contribution in [3.63, 3.8) is 0 Å². The third kappa shape index (κ3) is 3.90. The molecule has 0 N–H and O–H groups in total. The van der Waals surface area contributed by atoms with E-state index in [1.54, 1.807) is 0 Å². The second-order valence-corrected chi connectivity index (χ2v) is 6.24. The lowest BCUT2D eigenvalue weighted by Crippen LogP contribution is -2.12. The highest BCUT2D eigenvalue weighted by Gasteiger charge is 2.26. The highest BCUT2D eigenvalue weighted by Crippen LogP contribution is 2.19. The quantitative estimate of drug-likeness (QED) is 0.758. The molecule has 0 bridgehead atoms. The molecule has 0 heterocycles. The molecule has 0 saturated carbocycles. The van der Waals surface area contributed by atoms with Crippen LogP contribution in [0, 0.1) is 0 Å². The third-order valence-electron chi connectivity index (χ3n) is 2.29. The van der Waals surface area contributed by atoms with Crippen LogP contribution in [0.2, 0.25) is 0 Å². The lowest BCUT2D eigenvalue weighted by atomic mass is 10.1. The van der Waals surface area contributed by atoms with Crippen molar-refractivity contribution in [2.45, 2.75) is 22.5 Å². The molecule has 0 aromatic heterocycles. The van der Waals surface area contributed by atoms with Crippen molar-refractivity contribution in [3.8, 4) is 0 Å². The summed E-state index contributed by atoms with van der Waals surface area (Å²) < 4.78 is 51.8. The van der Waals surface area contributed by atoms with E-state index in [2.05, 4.69) is 0 Å². The van der Waals surface area contributed by atoms with Gasteiger partial charge in [0.25, 0.3) is 0 Å². The van der Waals surface area contributed by atoms with E-state index in [4.69, 9.17) is 16.3 Å². The van der Waals surface area contributed by atoms with Gasteiger partial charge in [0.05, 0.1) is 16.9 Å². The van der Waals surface area contributed by atoms with Crippen LogP contribution in [-0.4, -0.2) is 33.3 Å². The summed E-state index contributed by atoms with van der Waals surface area (Å²) in [5.41, 5.74) is 0.764. The number of benzene rings is 1. The normalized spacial score (nSPS) is 13.8. The van der Waals surface area contributed by atoms with Crippen molar-refractivity contribution >= 4 is 21.4 Å². The van der Waals surface area contributed by atoms with Gasteiger partial charge >= 0.3 is 5.76 Å². The smallest absolute Gasteiger partial charge is 0.341 e. The predicted molar refractivity (Wildman–Crippen MR) is 64.9 cm³/mol. The summed E-state index contributed by atoms with van der Waals surface area (Å²) in [6.45, 7) is 0.360. The van der Waals surface area contributed by atoms with Gasteiger partial charge in [0, 0.05) is 7.11 Å². The topological polar surface area (TPSA) is 43.4 Å². The van der Waals surface area contributed by atoms with Crippen molar-refractivity contribution < 1.29 is 21.9 Å². The van der Waals surface area contributed by atoms with Gasteiger partial charge in [-0.05, 0) is 24.1 Å². The molecule has 1 aromatic carbocycles. The first kappa shape index (κ1) is 15.3. The van der Waals surface area contributed by atoms with Crippen LogP contribution in [0.3, 0.4) is 0 Å². The number of sulfone groups is 1. The van der Waals surface area contributed by atoms with Gasteiger partial charge < -0.3 is 4.74 Å². The molecule has 3 nitrogen and oxygen atoms in total. The van der Waals surface area contributed by atoms with Gasteiger partial charge in [-0.3, -0.25) is 0 Å². The Morgan fingerprint density at radius 2 is 1.83 bits per heavy atom. The fourth-order valence-electron chi connectivity index (χ4n) is 1.41. The Morgan fingerprint density at radius 1 is 1.28 bits per heavy atom. The van der Waals surface area contributed by atoms with Crippen molar-refractivity contribution in [3.05, 3.63) is 29.8 Å². The first-order valence-electron chi connectivity index (χ1n) is 5.12. The summed E-state index contributed by atoms with van der Waals surface area (Å²) in [6.07, 6.45) is 0.477. The fraction of sp³-hybridized carbons (Fsp3) is 0.455. The number of hydrogen-bond donors (Lipinski definition) is 0. The summed E-state index contributed by atoms with van der Waals surface area (Å²) in [5.74, 6) is -3.40. The Bertz CT molecular complexity index is 474. The standard InChI is InChI=1S/C11H13ClF2O3S/c1-17-7-9(12)6-8-2-4-10(5-3-8)18(15,16)11(13)14/h2-5,9,11H,6-7H2,1H3. The van der Waals surface area contributed by atoms with Crippen LogP contribution < -0.4 is 0 Å². The summed E-state index contributed by atoms with van der Waals surface area (Å²) in [7, 11) is -3.00. The van der Waals surface area contributed by atoms with Crippen LogP contribution in [0.4, 0.5) is 8.78 Å². The number of ether oxygens (including phenoxy) is 1. The lowest BCUT2D eigenvalue weighted by Gasteiger charge is -2.09. The molecule has 18 heavy (non-hydrogen) atoms. The molecule has 1 unspecified atom stereocenters. The Hall–Kier alpha value is -0.720. The van der Waals surface area contributed by atoms with Crippen LogP contribution >= 0.6 is 11.6 Å². The first-order chi connectivity index (χ1) is 8.37. The van der Waals surface area contributed by atoms with E-state index in [9.17, 15) is 17.2 Å². The zero-order valence-electron chi connectivity index (χ0n) is 9.65. The van der Waals surface area contributed by atoms with Gasteiger partial charge in [-0.2, -0.15) is 8.78 Å². The second kappa shape index (κ2) is 6.45. The molecule has 0 aliphatic carbocycles. The molecule has 0 radical (unpaired) electrons. The van der Waals surface area contributed by atoms with E-state index in [1.807, 2.05) is 0 Å². The molecule has 102 valence electrons. The van der Waals surface area contributed by atoms with Gasteiger partial charge in [-0.1, -0.05) is 12.1 Å². The Labute approximate surface area is 110 Å². The zero-order valence-corrected chi connectivity index (χ0v) is 11.2. The molecule has 1 atom stereocenters. The number of hydrogen-bond acceptors (Lipinski definition) is 3. The maximum absolute atomic E-state index is 12.3. The number of rotatable bonds is 6. The van der Waals surface area contributed by atoms with Gasteiger partial charge in [0.1, 0.15) is 0 Å². The Morgan fingerprint density at radius 3 is 2.28 bits per heavy atom. The molecular formula is C11H13ClF2O3S. The summed E-state index contributed by atoms with van der Waals surface area (Å²) in [4.78, 5) is -0.390. The minimum Gasteiger partial charge on any atom is -0.383 e. The van der Waals surface area contributed by atoms with Crippen LogP contribution in [0.1, 0.15) is 5.56 Å². The largest absolute Gasteiger partial charge is 0.383 e. The van der Waals surface area contributed by atoms with E-state index in [0.29, 0.717) is 13.0 Å². The van der Waals surface area contributed by atoms with Gasteiger partial charge in [0.2, 0.25) is 9.84 Å². The predicted octanol–water partition coefficient (Wildman–Crippen LogP) is 2.48. The van der Waals surface area contributed by atoms with Crippen LogP contribution in [0.5, 0.6) is 0 Å². The van der Waals surface area contributed by atoms with E-state index in [0.717, 1.165) is 17.7 Å². The molecule has 0 spiro atoms. The molecule has 0 saturated heterocycles. The third-order valence-corrected chi connectivity index (χ3v) is 3.97. The minimum absolute atomic E-state index is 0.243. The molecule has 1 rings (SSSR count). The number of halogens is 3. The molecule has 0 aliphatic rings. The SMILES string of the molecule is COCC(Cl)Cc1ccc(S(=O)(=O)C(F)F)cc1. The average Bonchev–Trinajstić information content (AvgIpc) is 2.29. The van der Waals surface area contributed by atoms with Crippen LogP contribution in [0.15, 0.2) is 29.2 Å². The van der Waals surface area contributed by atoms with Gasteiger partial charge in [-0.25, -0.2) is 8.42 Å². The monoisotopic (exact) mass is 298 g/mol. The zero-order chi connectivity index (χ0) is 13.8. The van der Waals surface area contributed by atoms with Gasteiger partial charge in [-0.15, -0.1) is 11.6 Å². The summed E-state index contributed by atoms with van der Waals surface area (Å²) in [5, 5.41) is -0.243. The summed E-state index contributed by atoms with van der Waals surface area (Å²) >= 11 is 5.93. The fourth-order valence-corrected chi connectivity index (χ4v) is 2.44. The van der Waals surface area contributed by atoms with Gasteiger partial charge in [0.15, 0.2) is 0 Å². The highest BCUT2D eigenvalue weighted by molar-refractivity contribution is 7.91. The Kier molecular flexibility index (Phi) is 5.49. The maximum Gasteiger partial charge on any atom is 0.341 e. The van der Waals surface area contributed by atoms with E-state index >= 15 is 0 Å². The summed E-state index contributed by atoms with van der Waals surface area (Å²) in [6, 6.07) is 5.26. The minimum atomic E-state index is -4.52. The van der Waals surface area contributed by atoms with Crippen LogP contribution in [-0.2, 0) is 21.0 Å². The molecule has 0 amide bonds. The highest BCUT2D eigenvalue weighted by atomic mass is 35.5. The van der Waals surface area contributed by atoms with E-state index < -0.39 is 15.6 Å². The van der Waals surface area contributed by atoms with Crippen molar-refractivity contribution in [2.75, 3.05) is 13.7 Å². The van der Waals surface area contributed by atoms with E-state index in [-0.39, 0.29) is 10.3 Å². The number of alkyl halides is 3. The van der Waals surface area contributed by atoms with Crippen molar-refractivity contribution in [1.82, 2.24) is 0 Å². The van der Waals surface area contributed by atoms with Crippen LogP contribution in [0.25, 0.3) is 0 Å². The van der Waals surface area contributed by atoms with E-state index in [1.165, 1.54) is 19.2 Å². The average molecular weight is 299 g/mol. The second-order valence-electron chi connectivity index (χ2n) is 3.71. The molecule has 7 heteroatoms. The first-order valence-corrected chi connectivity index (χ1v) is 7.10. The Balaban J connectivity index is 2.81. The van der Waals surface area contributed by atoms with Crippen molar-refractivity contribution in [2.24, 2.45) is 0 Å². The molecular weight excluding hydrogens is 286 g/mol. The lowest BCUT2D eigenvalue weighted by molar-refractivity contribution is 0.197. The van der Waals surface area contributed by atoms with Crippen molar-refractivity contribution in [1.29, 1.82) is 0 Å².